The summed E-state index contributed by atoms with van der Waals surface area (Å²) in [4.78, 5) is 24.2. The van der Waals surface area contributed by atoms with Gasteiger partial charge < -0.3 is 24.5 Å². The van der Waals surface area contributed by atoms with Gasteiger partial charge in [0.05, 0.1) is 19.4 Å². The molecular weight excluding hydrogens is 348 g/mol. The second-order valence-electron chi connectivity index (χ2n) is 5.89. The maximum atomic E-state index is 12.9. The highest BCUT2D eigenvalue weighted by Gasteiger charge is 2.21. The molecule has 0 radical (unpaired) electrons. The molecule has 0 spiro atoms. The number of ether oxygens (including phenoxy) is 2. The molecule has 3 aromatic rings. The maximum Gasteiger partial charge on any atom is 0.291 e. The number of carbonyl (C=O) groups is 2. The van der Waals surface area contributed by atoms with Crippen LogP contribution in [0.4, 0.5) is 11.4 Å². The van der Waals surface area contributed by atoms with Crippen molar-refractivity contribution in [1.29, 1.82) is 0 Å². The number of anilines is 2. The summed E-state index contributed by atoms with van der Waals surface area (Å²) in [6.45, 7) is 1.65. The maximum absolute atomic E-state index is 12.9. The van der Waals surface area contributed by atoms with E-state index in [1.165, 1.54) is 14.0 Å². The topological polar surface area (TPSA) is 89.8 Å². The summed E-state index contributed by atoms with van der Waals surface area (Å²) >= 11 is 0. The monoisotopic (exact) mass is 368 g/mol. The van der Waals surface area contributed by atoms with Crippen LogP contribution in [-0.4, -0.2) is 26.0 Å². The van der Waals surface area contributed by atoms with Gasteiger partial charge in [-0.2, -0.15) is 0 Å². The quantitative estimate of drug-likeness (QED) is 0.691. The number of carbonyl (C=O) groups excluding carboxylic acids is 2. The van der Waals surface area contributed by atoms with Gasteiger partial charge in [0.15, 0.2) is 5.76 Å². The molecule has 0 bridgehead atoms. The summed E-state index contributed by atoms with van der Waals surface area (Å²) in [5, 5.41) is 6.28. The molecule has 2 amide bonds. The van der Waals surface area contributed by atoms with E-state index in [-0.39, 0.29) is 18.3 Å². The molecule has 0 saturated carbocycles. The molecule has 27 heavy (non-hydrogen) atoms. The Balaban J connectivity index is 1.96. The van der Waals surface area contributed by atoms with Crippen LogP contribution in [-0.2, 0) is 16.1 Å². The average Bonchev–Trinajstić information content (AvgIpc) is 3.01. The summed E-state index contributed by atoms with van der Waals surface area (Å²) in [7, 11) is 3.06. The zero-order valence-electron chi connectivity index (χ0n) is 15.3. The largest absolute Gasteiger partial charge is 0.495 e. The predicted molar refractivity (Wildman–Crippen MR) is 102 cm³/mol. The van der Waals surface area contributed by atoms with Crippen LogP contribution in [0, 0.1) is 0 Å². The fourth-order valence-corrected chi connectivity index (χ4v) is 2.84. The van der Waals surface area contributed by atoms with E-state index >= 15 is 0 Å². The minimum absolute atomic E-state index is 0.171. The van der Waals surface area contributed by atoms with Crippen LogP contribution in [0.15, 0.2) is 46.9 Å². The number of nitrogens with one attached hydrogen (secondary N) is 2. The van der Waals surface area contributed by atoms with Crippen molar-refractivity contribution < 1.29 is 23.5 Å². The normalized spacial score (nSPS) is 10.6. The second-order valence-corrected chi connectivity index (χ2v) is 5.89. The third kappa shape index (κ3) is 3.93. The SMILES string of the molecule is COCc1c(C(=O)Nc2cc(NC(C)=O)ccc2OC)oc2ccccc12. The lowest BCUT2D eigenvalue weighted by atomic mass is 10.1. The lowest BCUT2D eigenvalue weighted by Gasteiger charge is -2.12. The Labute approximate surface area is 156 Å². The number of fused-ring (bicyclic) bond motifs is 1. The number of amides is 2. The number of benzene rings is 2. The molecule has 0 atom stereocenters. The van der Waals surface area contributed by atoms with Crippen LogP contribution in [0.3, 0.4) is 0 Å². The number of hydrogen-bond donors (Lipinski definition) is 2. The Morgan fingerprint density at radius 1 is 1.07 bits per heavy atom. The van der Waals surface area contributed by atoms with E-state index in [1.807, 2.05) is 18.2 Å². The minimum Gasteiger partial charge on any atom is -0.495 e. The fourth-order valence-electron chi connectivity index (χ4n) is 2.84. The van der Waals surface area contributed by atoms with Crippen LogP contribution < -0.4 is 15.4 Å². The Bertz CT molecular complexity index is 993. The van der Waals surface area contributed by atoms with Crippen molar-refractivity contribution in [2.24, 2.45) is 0 Å². The van der Waals surface area contributed by atoms with Crippen molar-refractivity contribution in [2.75, 3.05) is 24.9 Å². The Morgan fingerprint density at radius 3 is 2.56 bits per heavy atom. The van der Waals surface area contributed by atoms with E-state index in [0.29, 0.717) is 28.3 Å². The number of furan rings is 1. The van der Waals surface area contributed by atoms with E-state index in [0.717, 1.165) is 5.39 Å². The summed E-state index contributed by atoms with van der Waals surface area (Å²) in [5.41, 5.74) is 2.23. The summed E-state index contributed by atoms with van der Waals surface area (Å²) in [5.74, 6) is -0.0134. The highest BCUT2D eigenvalue weighted by molar-refractivity contribution is 6.07. The third-order valence-electron chi connectivity index (χ3n) is 3.96. The second kappa shape index (κ2) is 7.92. The average molecular weight is 368 g/mol. The summed E-state index contributed by atoms with van der Waals surface area (Å²) in [6.07, 6.45) is 0. The zero-order valence-corrected chi connectivity index (χ0v) is 15.3. The molecule has 0 saturated heterocycles. The van der Waals surface area contributed by atoms with Crippen molar-refractivity contribution >= 4 is 34.2 Å². The van der Waals surface area contributed by atoms with Gasteiger partial charge in [-0.1, -0.05) is 18.2 Å². The van der Waals surface area contributed by atoms with Crippen molar-refractivity contribution in [1.82, 2.24) is 0 Å². The molecule has 2 N–H and O–H groups in total. The first kappa shape index (κ1) is 18.5. The molecule has 1 aromatic heterocycles. The van der Waals surface area contributed by atoms with Gasteiger partial charge in [-0.05, 0) is 24.3 Å². The molecule has 1 heterocycles. The van der Waals surface area contributed by atoms with Crippen LogP contribution in [0.1, 0.15) is 23.0 Å². The minimum atomic E-state index is -0.434. The highest BCUT2D eigenvalue weighted by atomic mass is 16.5. The predicted octanol–water partition coefficient (Wildman–Crippen LogP) is 3.80. The number of hydrogen-bond acceptors (Lipinski definition) is 5. The molecular formula is C20H20N2O5. The first-order chi connectivity index (χ1) is 13.0. The molecule has 140 valence electrons. The molecule has 0 unspecified atom stereocenters. The molecule has 3 rings (SSSR count). The van der Waals surface area contributed by atoms with Crippen LogP contribution in [0.2, 0.25) is 0 Å². The van der Waals surface area contributed by atoms with Gasteiger partial charge in [-0.3, -0.25) is 9.59 Å². The smallest absolute Gasteiger partial charge is 0.291 e. The molecule has 0 aliphatic carbocycles. The molecule has 0 fully saturated rings. The van der Waals surface area contributed by atoms with Crippen LogP contribution in [0.5, 0.6) is 5.75 Å². The van der Waals surface area contributed by atoms with Crippen molar-refractivity contribution in [3.05, 3.63) is 53.8 Å². The van der Waals surface area contributed by atoms with Crippen molar-refractivity contribution in [3.8, 4) is 5.75 Å². The molecule has 2 aromatic carbocycles. The van der Waals surface area contributed by atoms with Gasteiger partial charge in [0.25, 0.3) is 5.91 Å². The van der Waals surface area contributed by atoms with E-state index in [2.05, 4.69) is 10.6 Å². The lowest BCUT2D eigenvalue weighted by Crippen LogP contribution is -2.14. The van der Waals surface area contributed by atoms with E-state index < -0.39 is 5.91 Å². The summed E-state index contributed by atoms with van der Waals surface area (Å²) < 4.78 is 16.3. The number of rotatable bonds is 6. The Morgan fingerprint density at radius 2 is 1.85 bits per heavy atom. The molecule has 7 heteroatoms. The number of methoxy groups -OCH3 is 2. The van der Waals surface area contributed by atoms with Crippen LogP contribution >= 0.6 is 0 Å². The van der Waals surface area contributed by atoms with Crippen molar-refractivity contribution in [2.45, 2.75) is 13.5 Å². The van der Waals surface area contributed by atoms with Gasteiger partial charge in [-0.15, -0.1) is 0 Å². The van der Waals surface area contributed by atoms with Gasteiger partial charge >= 0.3 is 0 Å². The van der Waals surface area contributed by atoms with Gasteiger partial charge in [0, 0.05) is 30.7 Å². The van der Waals surface area contributed by atoms with Gasteiger partial charge in [0.1, 0.15) is 11.3 Å². The third-order valence-corrected chi connectivity index (χ3v) is 3.96. The zero-order chi connectivity index (χ0) is 19.4. The lowest BCUT2D eigenvalue weighted by molar-refractivity contribution is -0.114. The van der Waals surface area contributed by atoms with E-state index in [9.17, 15) is 9.59 Å². The van der Waals surface area contributed by atoms with Crippen LogP contribution in [0.25, 0.3) is 11.0 Å². The van der Waals surface area contributed by atoms with Crippen molar-refractivity contribution in [3.63, 3.8) is 0 Å². The number of para-hydroxylation sites is 1. The fraction of sp³-hybridized carbons (Fsp3) is 0.200. The highest BCUT2D eigenvalue weighted by Crippen LogP contribution is 2.31. The molecule has 0 aliphatic rings. The van der Waals surface area contributed by atoms with Gasteiger partial charge in [0.2, 0.25) is 5.91 Å². The Hall–Kier alpha value is -3.32. The molecule has 7 nitrogen and oxygen atoms in total. The Kier molecular flexibility index (Phi) is 5.42. The first-order valence-electron chi connectivity index (χ1n) is 8.29. The first-order valence-corrected chi connectivity index (χ1v) is 8.29. The van der Waals surface area contributed by atoms with E-state index in [1.54, 1.807) is 31.4 Å². The van der Waals surface area contributed by atoms with Gasteiger partial charge in [-0.25, -0.2) is 0 Å². The molecule has 0 aliphatic heterocycles. The van der Waals surface area contributed by atoms with E-state index in [4.69, 9.17) is 13.9 Å². The summed E-state index contributed by atoms with van der Waals surface area (Å²) in [6, 6.07) is 12.4. The standard InChI is InChI=1S/C20H20N2O5/c1-12(23)21-13-8-9-18(26-3)16(10-13)22-20(24)19-15(11-25-2)14-6-4-5-7-17(14)27-19/h4-10H,11H2,1-3H3,(H,21,23)(H,22,24).